The smallest absolute Gasteiger partial charge is 0.310 e. The number of aromatic nitrogens is 1. The van der Waals surface area contributed by atoms with E-state index in [9.17, 15) is 9.90 Å². The van der Waals surface area contributed by atoms with Gasteiger partial charge < -0.3 is 5.11 Å². The van der Waals surface area contributed by atoms with E-state index in [2.05, 4.69) is 4.98 Å². The summed E-state index contributed by atoms with van der Waals surface area (Å²) in [4.78, 5) is 16.0. The predicted molar refractivity (Wildman–Crippen MR) is 98.5 cm³/mol. The van der Waals surface area contributed by atoms with Gasteiger partial charge in [-0.05, 0) is 47.1 Å². The number of thioether (sulfide) groups is 1. The van der Waals surface area contributed by atoms with E-state index < -0.39 is 11.9 Å². The van der Waals surface area contributed by atoms with Crippen LogP contribution >= 0.6 is 11.8 Å². The topological polar surface area (TPSA) is 50.2 Å². The van der Waals surface area contributed by atoms with Crippen molar-refractivity contribution in [3.63, 3.8) is 0 Å². The number of rotatable bonds is 7. The molecule has 3 aromatic rings. The van der Waals surface area contributed by atoms with E-state index in [0.29, 0.717) is 6.42 Å². The highest BCUT2D eigenvalue weighted by Crippen LogP contribution is 2.27. The van der Waals surface area contributed by atoms with Crippen molar-refractivity contribution in [1.82, 2.24) is 4.98 Å². The maximum Gasteiger partial charge on any atom is 0.310 e. The van der Waals surface area contributed by atoms with Crippen molar-refractivity contribution in [2.75, 3.05) is 5.75 Å². The van der Waals surface area contributed by atoms with Crippen LogP contribution in [0.3, 0.4) is 0 Å². The fourth-order valence-electron chi connectivity index (χ4n) is 2.75. The molecule has 1 unspecified atom stereocenters. The van der Waals surface area contributed by atoms with Crippen molar-refractivity contribution < 1.29 is 9.90 Å². The monoisotopic (exact) mass is 337 g/mol. The fourth-order valence-corrected chi connectivity index (χ4v) is 3.58. The molecule has 0 spiro atoms. The zero-order valence-corrected chi connectivity index (χ0v) is 14.1. The van der Waals surface area contributed by atoms with Crippen LogP contribution < -0.4 is 0 Å². The molecule has 1 N–H and O–H groups in total. The Morgan fingerprint density at radius 2 is 1.83 bits per heavy atom. The molecule has 2 aromatic carbocycles. The molecule has 24 heavy (non-hydrogen) atoms. The van der Waals surface area contributed by atoms with Gasteiger partial charge in [-0.2, -0.15) is 0 Å². The summed E-state index contributed by atoms with van der Waals surface area (Å²) in [6.07, 6.45) is 3.25. The van der Waals surface area contributed by atoms with E-state index in [1.54, 1.807) is 18.0 Å². The van der Waals surface area contributed by atoms with Gasteiger partial charge in [-0.3, -0.25) is 4.79 Å². The lowest BCUT2D eigenvalue weighted by Crippen LogP contribution is -2.12. The molecule has 4 heteroatoms. The maximum absolute atomic E-state index is 11.7. The molecular weight excluding hydrogens is 318 g/mol. The highest BCUT2D eigenvalue weighted by Gasteiger charge is 2.19. The first kappa shape index (κ1) is 16.5. The van der Waals surface area contributed by atoms with Gasteiger partial charge in [0.2, 0.25) is 0 Å². The summed E-state index contributed by atoms with van der Waals surface area (Å²) in [5.41, 5.74) is 0.879. The van der Waals surface area contributed by atoms with E-state index in [4.69, 9.17) is 0 Å². The number of aliphatic carboxylic acids is 1. The summed E-state index contributed by atoms with van der Waals surface area (Å²) in [6, 6.07) is 19.8. The van der Waals surface area contributed by atoms with Crippen LogP contribution in [0.15, 0.2) is 71.9 Å². The van der Waals surface area contributed by atoms with Gasteiger partial charge in [0.05, 0.1) is 10.9 Å². The first-order chi connectivity index (χ1) is 11.7. The molecule has 1 aromatic heterocycles. The summed E-state index contributed by atoms with van der Waals surface area (Å²) in [7, 11) is 0. The third-order valence-corrected chi connectivity index (χ3v) is 5.03. The van der Waals surface area contributed by atoms with Gasteiger partial charge in [0.15, 0.2) is 0 Å². The lowest BCUT2D eigenvalue weighted by atomic mass is 9.93. The lowest BCUT2D eigenvalue weighted by molar-refractivity contribution is -0.139. The number of carbonyl (C=O) groups is 1. The molecule has 1 heterocycles. The van der Waals surface area contributed by atoms with Gasteiger partial charge in [0.25, 0.3) is 0 Å². The van der Waals surface area contributed by atoms with Gasteiger partial charge in [0, 0.05) is 6.20 Å². The number of carboxylic acid groups (broad SMARTS) is 1. The molecule has 0 bridgehead atoms. The van der Waals surface area contributed by atoms with Crippen LogP contribution in [-0.2, 0) is 4.79 Å². The van der Waals surface area contributed by atoms with Gasteiger partial charge in [0.1, 0.15) is 0 Å². The first-order valence-corrected chi connectivity index (χ1v) is 8.98. The highest BCUT2D eigenvalue weighted by molar-refractivity contribution is 7.99. The Bertz CT molecular complexity index is 820. The molecule has 0 radical (unpaired) electrons. The fraction of sp³-hybridized carbons (Fsp3) is 0.200. The second-order valence-corrected chi connectivity index (χ2v) is 6.77. The van der Waals surface area contributed by atoms with Crippen LogP contribution in [0.1, 0.15) is 24.3 Å². The molecule has 0 aliphatic heterocycles. The number of pyridine rings is 1. The number of fused-ring (bicyclic) bond motifs is 1. The SMILES string of the molecule is O=C(O)C(CCCSc1ccccn1)c1ccc2ccccc2c1. The highest BCUT2D eigenvalue weighted by atomic mass is 32.2. The zero-order chi connectivity index (χ0) is 16.8. The summed E-state index contributed by atoms with van der Waals surface area (Å²) in [6.45, 7) is 0. The minimum Gasteiger partial charge on any atom is -0.481 e. The molecule has 0 amide bonds. The Labute approximate surface area is 145 Å². The molecule has 0 saturated carbocycles. The number of hydrogen-bond donors (Lipinski definition) is 1. The van der Waals surface area contributed by atoms with Crippen molar-refractivity contribution in [3.05, 3.63) is 72.4 Å². The van der Waals surface area contributed by atoms with E-state index in [1.807, 2.05) is 60.7 Å². The van der Waals surface area contributed by atoms with Crippen molar-refractivity contribution in [2.45, 2.75) is 23.8 Å². The Balaban J connectivity index is 1.64. The predicted octanol–water partition coefficient (Wildman–Crippen LogP) is 4.98. The van der Waals surface area contributed by atoms with Gasteiger partial charge in [-0.25, -0.2) is 4.98 Å². The Morgan fingerprint density at radius 1 is 1.04 bits per heavy atom. The molecular formula is C20H19NO2S. The molecule has 0 fully saturated rings. The average molecular weight is 337 g/mol. The zero-order valence-electron chi connectivity index (χ0n) is 13.3. The van der Waals surface area contributed by atoms with Crippen molar-refractivity contribution >= 4 is 28.5 Å². The summed E-state index contributed by atoms with van der Waals surface area (Å²) >= 11 is 1.67. The average Bonchev–Trinajstić information content (AvgIpc) is 2.62. The van der Waals surface area contributed by atoms with Crippen LogP contribution in [0.4, 0.5) is 0 Å². The van der Waals surface area contributed by atoms with Crippen molar-refractivity contribution in [3.8, 4) is 0 Å². The minimum atomic E-state index is -0.756. The third kappa shape index (κ3) is 4.15. The molecule has 122 valence electrons. The number of nitrogens with zero attached hydrogens (tertiary/aromatic N) is 1. The van der Waals surface area contributed by atoms with Gasteiger partial charge in [-0.1, -0.05) is 48.5 Å². The van der Waals surface area contributed by atoms with Crippen molar-refractivity contribution in [2.24, 2.45) is 0 Å². The Morgan fingerprint density at radius 3 is 2.58 bits per heavy atom. The van der Waals surface area contributed by atoms with E-state index in [0.717, 1.165) is 33.5 Å². The van der Waals surface area contributed by atoms with Gasteiger partial charge >= 0.3 is 5.97 Å². The quantitative estimate of drug-likeness (QED) is 0.488. The molecule has 0 aliphatic rings. The van der Waals surface area contributed by atoms with E-state index >= 15 is 0 Å². The second kappa shape index (κ2) is 7.97. The van der Waals surface area contributed by atoms with Gasteiger partial charge in [-0.15, -0.1) is 11.8 Å². The summed E-state index contributed by atoms with van der Waals surface area (Å²) in [5.74, 6) is -0.346. The molecule has 1 atom stereocenters. The van der Waals surface area contributed by atoms with Crippen LogP contribution in [0.5, 0.6) is 0 Å². The number of hydrogen-bond acceptors (Lipinski definition) is 3. The molecule has 3 nitrogen and oxygen atoms in total. The van der Waals surface area contributed by atoms with Crippen LogP contribution in [0.2, 0.25) is 0 Å². The van der Waals surface area contributed by atoms with Crippen molar-refractivity contribution in [1.29, 1.82) is 0 Å². The lowest BCUT2D eigenvalue weighted by Gasteiger charge is -2.13. The molecule has 0 saturated heterocycles. The number of carboxylic acids is 1. The summed E-state index contributed by atoms with van der Waals surface area (Å²) in [5, 5.41) is 12.8. The normalized spacial score (nSPS) is 12.2. The van der Waals surface area contributed by atoms with Crippen LogP contribution in [0, 0.1) is 0 Å². The molecule has 0 aliphatic carbocycles. The standard InChI is InChI=1S/C20H19NO2S/c22-20(23)18(8-5-13-24-19-9-3-4-12-21-19)17-11-10-15-6-1-2-7-16(15)14-17/h1-4,6-7,9-12,14,18H,5,8,13H2,(H,22,23). The Hall–Kier alpha value is -2.33. The largest absolute Gasteiger partial charge is 0.481 e. The second-order valence-electron chi connectivity index (χ2n) is 5.66. The third-order valence-electron chi connectivity index (χ3n) is 4.00. The van der Waals surface area contributed by atoms with Crippen LogP contribution in [0.25, 0.3) is 10.8 Å². The van der Waals surface area contributed by atoms with E-state index in [1.165, 1.54) is 0 Å². The van der Waals surface area contributed by atoms with E-state index in [-0.39, 0.29) is 0 Å². The first-order valence-electron chi connectivity index (χ1n) is 7.99. The van der Waals surface area contributed by atoms with Crippen LogP contribution in [-0.4, -0.2) is 21.8 Å². The minimum absolute atomic E-state index is 0.459. The Kier molecular flexibility index (Phi) is 5.49. The maximum atomic E-state index is 11.7. The summed E-state index contributed by atoms with van der Waals surface area (Å²) < 4.78 is 0. The number of benzene rings is 2. The molecule has 3 rings (SSSR count).